The summed E-state index contributed by atoms with van der Waals surface area (Å²) in [6.07, 6.45) is 2.83. The monoisotopic (exact) mass is 438 g/mol. The molecule has 1 aromatic carbocycles. The van der Waals surface area contributed by atoms with Crippen LogP contribution in [0.1, 0.15) is 45.0 Å². The number of hydrogen-bond acceptors (Lipinski definition) is 7. The molecule has 0 aliphatic carbocycles. The van der Waals surface area contributed by atoms with E-state index < -0.39 is 16.6 Å². The van der Waals surface area contributed by atoms with Gasteiger partial charge in [-0.2, -0.15) is 0 Å². The summed E-state index contributed by atoms with van der Waals surface area (Å²) < 4.78 is 15.9. The van der Waals surface area contributed by atoms with Crippen LogP contribution in [0, 0.1) is 15.9 Å². The summed E-state index contributed by atoms with van der Waals surface area (Å²) in [6, 6.07) is 3.12. The number of carbonyl (C=O) groups excluding carboxylic acids is 1. The number of nitrogens with one attached hydrogen (secondary N) is 1. The van der Waals surface area contributed by atoms with Gasteiger partial charge in [0.15, 0.2) is 11.0 Å². The van der Waals surface area contributed by atoms with Crippen LogP contribution in [0.4, 0.5) is 15.8 Å². The largest absolute Gasteiger partial charge is 0.323 e. The molecule has 11 heteroatoms. The predicted molar refractivity (Wildman–Crippen MR) is 114 cm³/mol. The molecule has 1 atom stereocenters. The van der Waals surface area contributed by atoms with Gasteiger partial charge in [-0.3, -0.25) is 19.8 Å². The Morgan fingerprint density at radius 1 is 1.37 bits per heavy atom. The van der Waals surface area contributed by atoms with Crippen LogP contribution in [-0.4, -0.2) is 50.3 Å². The molecule has 0 aliphatic rings. The zero-order valence-corrected chi connectivity index (χ0v) is 18.4. The molecular weight excluding hydrogens is 411 g/mol. The maximum atomic E-state index is 13.9. The number of rotatable bonds is 11. The number of nitro groups is 1. The normalized spacial score (nSPS) is 12.2. The number of nitro benzene ring substituents is 1. The van der Waals surface area contributed by atoms with E-state index >= 15 is 0 Å². The molecule has 30 heavy (non-hydrogen) atoms. The van der Waals surface area contributed by atoms with Gasteiger partial charge in [-0.1, -0.05) is 32.0 Å². The molecule has 0 radical (unpaired) electrons. The highest BCUT2D eigenvalue weighted by molar-refractivity contribution is 7.99. The fourth-order valence-corrected chi connectivity index (χ4v) is 3.77. The van der Waals surface area contributed by atoms with Crippen LogP contribution in [0.5, 0.6) is 0 Å². The maximum absolute atomic E-state index is 13.9. The van der Waals surface area contributed by atoms with Crippen molar-refractivity contribution in [3.05, 3.63) is 40.0 Å². The highest BCUT2D eigenvalue weighted by Crippen LogP contribution is 2.26. The van der Waals surface area contributed by atoms with E-state index in [4.69, 9.17) is 0 Å². The number of non-ortho nitro benzene ring substituents is 1. The van der Waals surface area contributed by atoms with Gasteiger partial charge in [-0.25, -0.2) is 4.39 Å². The van der Waals surface area contributed by atoms with E-state index in [9.17, 15) is 19.3 Å². The molecule has 0 fully saturated rings. The first-order chi connectivity index (χ1) is 14.3. The van der Waals surface area contributed by atoms with Gasteiger partial charge in [-0.05, 0) is 33.0 Å². The fraction of sp³-hybridized carbons (Fsp3) is 0.526. The summed E-state index contributed by atoms with van der Waals surface area (Å²) in [6.45, 7) is 4.92. The van der Waals surface area contributed by atoms with Crippen molar-refractivity contribution in [3.63, 3.8) is 0 Å². The molecule has 1 amide bonds. The van der Waals surface area contributed by atoms with Crippen molar-refractivity contribution >= 4 is 29.0 Å². The molecule has 0 aliphatic heterocycles. The minimum Gasteiger partial charge on any atom is -0.323 e. The SMILES string of the molecule is CCCCn1c(SCC(=O)Nc2cc([N+](=O)[O-])ccc2F)nnc1[C@H](CC)N(C)C. The summed E-state index contributed by atoms with van der Waals surface area (Å²) in [5, 5.41) is 22.5. The first-order valence-electron chi connectivity index (χ1n) is 9.74. The Hall–Kier alpha value is -2.53. The minimum atomic E-state index is -0.732. The van der Waals surface area contributed by atoms with Gasteiger partial charge >= 0.3 is 0 Å². The van der Waals surface area contributed by atoms with Gasteiger partial charge in [0.1, 0.15) is 5.82 Å². The van der Waals surface area contributed by atoms with Crippen molar-refractivity contribution in [3.8, 4) is 0 Å². The Bertz CT molecular complexity index is 889. The van der Waals surface area contributed by atoms with Crippen molar-refractivity contribution in [2.24, 2.45) is 0 Å². The van der Waals surface area contributed by atoms with Gasteiger partial charge in [0, 0.05) is 18.7 Å². The van der Waals surface area contributed by atoms with E-state index in [2.05, 4.69) is 34.3 Å². The predicted octanol–water partition coefficient (Wildman–Crippen LogP) is 3.87. The van der Waals surface area contributed by atoms with Gasteiger partial charge in [0.05, 0.1) is 22.4 Å². The average molecular weight is 439 g/mol. The highest BCUT2D eigenvalue weighted by atomic mass is 32.2. The average Bonchev–Trinajstić information content (AvgIpc) is 3.09. The lowest BCUT2D eigenvalue weighted by Crippen LogP contribution is -2.23. The molecule has 164 valence electrons. The van der Waals surface area contributed by atoms with E-state index in [1.807, 2.05) is 18.7 Å². The molecule has 9 nitrogen and oxygen atoms in total. The first kappa shape index (κ1) is 23.7. The Morgan fingerprint density at radius 2 is 2.10 bits per heavy atom. The molecule has 1 N–H and O–H groups in total. The number of anilines is 1. The van der Waals surface area contributed by atoms with Crippen LogP contribution < -0.4 is 5.32 Å². The van der Waals surface area contributed by atoms with Crippen molar-refractivity contribution in [1.82, 2.24) is 19.7 Å². The molecule has 2 aromatic rings. The molecule has 0 spiro atoms. The Labute approximate surface area is 179 Å². The van der Waals surface area contributed by atoms with Crippen LogP contribution in [0.3, 0.4) is 0 Å². The topological polar surface area (TPSA) is 106 Å². The van der Waals surface area contributed by atoms with Crippen LogP contribution in [0.2, 0.25) is 0 Å². The third kappa shape index (κ3) is 5.99. The second kappa shape index (κ2) is 11.0. The molecular formula is C19H27FN6O3S. The molecule has 0 unspecified atom stereocenters. The van der Waals surface area contributed by atoms with Crippen molar-refractivity contribution in [2.45, 2.75) is 50.9 Å². The number of thioether (sulfide) groups is 1. The van der Waals surface area contributed by atoms with E-state index in [0.717, 1.165) is 49.8 Å². The molecule has 1 heterocycles. The number of carbonyl (C=O) groups is 1. The quantitative estimate of drug-likeness (QED) is 0.322. The third-order valence-corrected chi connectivity index (χ3v) is 5.52. The van der Waals surface area contributed by atoms with Crippen molar-refractivity contribution in [1.29, 1.82) is 0 Å². The lowest BCUT2D eigenvalue weighted by atomic mass is 10.2. The molecule has 1 aromatic heterocycles. The zero-order chi connectivity index (χ0) is 22.3. The minimum absolute atomic E-state index is 0.0227. The zero-order valence-electron chi connectivity index (χ0n) is 17.6. The molecule has 0 bridgehead atoms. The van der Waals surface area contributed by atoms with Gasteiger partial charge in [0.25, 0.3) is 5.69 Å². The summed E-state index contributed by atoms with van der Waals surface area (Å²) in [5.74, 6) is -0.385. The molecule has 0 saturated carbocycles. The number of halogens is 1. The lowest BCUT2D eigenvalue weighted by molar-refractivity contribution is -0.384. The van der Waals surface area contributed by atoms with Crippen LogP contribution in [-0.2, 0) is 11.3 Å². The number of nitrogens with zero attached hydrogens (tertiary/aromatic N) is 5. The second-order valence-electron chi connectivity index (χ2n) is 6.99. The Morgan fingerprint density at radius 3 is 2.70 bits per heavy atom. The smallest absolute Gasteiger partial charge is 0.271 e. The summed E-state index contributed by atoms with van der Waals surface area (Å²) in [7, 11) is 3.97. The number of unbranched alkanes of at least 4 members (excludes halogenated alkanes) is 1. The molecule has 0 saturated heterocycles. The van der Waals surface area contributed by atoms with E-state index in [1.165, 1.54) is 11.8 Å². The van der Waals surface area contributed by atoms with Crippen LogP contribution >= 0.6 is 11.8 Å². The summed E-state index contributed by atoms with van der Waals surface area (Å²) in [4.78, 5) is 24.6. The number of hydrogen-bond donors (Lipinski definition) is 1. The molecule has 2 rings (SSSR count). The Balaban J connectivity index is 2.13. The van der Waals surface area contributed by atoms with E-state index in [0.29, 0.717) is 5.16 Å². The van der Waals surface area contributed by atoms with E-state index in [-0.39, 0.29) is 23.2 Å². The van der Waals surface area contributed by atoms with Gasteiger partial charge < -0.3 is 9.88 Å². The third-order valence-electron chi connectivity index (χ3n) is 4.56. The van der Waals surface area contributed by atoms with Crippen molar-refractivity contribution in [2.75, 3.05) is 25.2 Å². The van der Waals surface area contributed by atoms with Crippen LogP contribution in [0.15, 0.2) is 23.4 Å². The number of aromatic nitrogens is 3. The van der Waals surface area contributed by atoms with E-state index in [1.54, 1.807) is 0 Å². The second-order valence-corrected chi connectivity index (χ2v) is 7.93. The standard InChI is InChI=1S/C19H27FN6O3S/c1-5-7-10-25-18(16(6-2)24(3)4)22-23-19(25)30-12-17(27)21-15-11-13(26(28)29)8-9-14(15)20/h8-9,11,16H,5-7,10,12H2,1-4H3,(H,21,27)/t16-/m0/s1. The maximum Gasteiger partial charge on any atom is 0.271 e. The highest BCUT2D eigenvalue weighted by Gasteiger charge is 2.22. The van der Waals surface area contributed by atoms with Crippen LogP contribution in [0.25, 0.3) is 0 Å². The van der Waals surface area contributed by atoms with Crippen molar-refractivity contribution < 1.29 is 14.1 Å². The van der Waals surface area contributed by atoms with Gasteiger partial charge in [-0.15, -0.1) is 10.2 Å². The summed E-state index contributed by atoms with van der Waals surface area (Å²) in [5.41, 5.74) is -0.515. The lowest BCUT2D eigenvalue weighted by Gasteiger charge is -2.23. The number of benzene rings is 1. The first-order valence-corrected chi connectivity index (χ1v) is 10.7. The Kier molecular flexibility index (Phi) is 8.72. The van der Waals surface area contributed by atoms with Gasteiger partial charge in [0.2, 0.25) is 5.91 Å². The summed E-state index contributed by atoms with van der Waals surface area (Å²) >= 11 is 1.20. The number of amides is 1. The fourth-order valence-electron chi connectivity index (χ4n) is 3.00.